The topological polar surface area (TPSA) is 26.5 Å². The smallest absolute Gasteiger partial charge is 0.394 e. The first-order valence-electron chi connectivity index (χ1n) is 4.78. The fourth-order valence-electron chi connectivity index (χ4n) is 1.56. The van der Waals surface area contributed by atoms with Gasteiger partial charge in [-0.1, -0.05) is 0 Å². The van der Waals surface area contributed by atoms with Crippen molar-refractivity contribution in [2.24, 2.45) is 0 Å². The van der Waals surface area contributed by atoms with Gasteiger partial charge in [-0.05, 0) is 44.6 Å². The molecule has 0 aliphatic rings. The lowest BCUT2D eigenvalue weighted by atomic mass is 10.3. The molecule has 2 aromatic rings. The molecule has 98 valence electrons. The fourth-order valence-corrected chi connectivity index (χ4v) is 2.74. The van der Waals surface area contributed by atoms with Crippen LogP contribution in [0.5, 0.6) is 5.75 Å². The molecule has 0 aliphatic carbocycles. The van der Waals surface area contributed by atoms with Crippen molar-refractivity contribution in [1.29, 1.82) is 0 Å². The summed E-state index contributed by atoms with van der Waals surface area (Å²) in [6, 6.07) is 1.66. The summed E-state index contributed by atoms with van der Waals surface area (Å²) in [6.45, 7) is 0. The van der Waals surface area contributed by atoms with E-state index in [-0.39, 0.29) is 5.69 Å². The maximum Gasteiger partial charge on any atom is 0.394 e. The fraction of sp³-hybridized carbons (Fsp3) is 0.300. The Morgan fingerprint density at radius 1 is 1.50 bits per heavy atom. The monoisotopic (exact) mass is 434 g/mol. The van der Waals surface area contributed by atoms with Gasteiger partial charge in [-0.3, -0.25) is 4.40 Å². The number of hydrogen-bond acceptors (Lipinski definition) is 2. The maximum absolute atomic E-state index is 12.5. The lowest BCUT2D eigenvalue weighted by Gasteiger charge is -2.08. The highest BCUT2D eigenvalue weighted by Gasteiger charge is 2.31. The van der Waals surface area contributed by atoms with E-state index in [1.54, 1.807) is 28.7 Å². The summed E-state index contributed by atoms with van der Waals surface area (Å²) in [5.41, 5.74) is 0.553. The van der Waals surface area contributed by atoms with Crippen molar-refractivity contribution in [3.63, 3.8) is 0 Å². The highest BCUT2D eigenvalue weighted by molar-refractivity contribution is 14.1. The van der Waals surface area contributed by atoms with Crippen molar-refractivity contribution >= 4 is 44.2 Å². The number of methoxy groups -OCH3 is 1. The van der Waals surface area contributed by atoms with Crippen LogP contribution in [0.25, 0.3) is 5.65 Å². The Hall–Kier alpha value is -0.510. The van der Waals surface area contributed by atoms with Crippen LogP contribution in [0.2, 0.25) is 0 Å². The first-order chi connectivity index (χ1) is 8.31. The molecule has 0 spiro atoms. The number of alkyl halides is 3. The Labute approximate surface area is 123 Å². The van der Waals surface area contributed by atoms with E-state index in [1.807, 2.05) is 0 Å². The number of rotatable bonds is 2. The van der Waals surface area contributed by atoms with Crippen molar-refractivity contribution < 1.29 is 17.9 Å². The molecule has 0 N–H and O–H groups in total. The lowest BCUT2D eigenvalue weighted by Crippen LogP contribution is -2.14. The van der Waals surface area contributed by atoms with Crippen LogP contribution in [-0.2, 0) is 6.42 Å². The molecule has 2 aromatic heterocycles. The van der Waals surface area contributed by atoms with Crippen LogP contribution in [0, 0.1) is 3.70 Å². The van der Waals surface area contributed by atoms with Gasteiger partial charge in [-0.2, -0.15) is 13.2 Å². The maximum atomic E-state index is 12.5. The third-order valence-corrected chi connectivity index (χ3v) is 3.75. The van der Waals surface area contributed by atoms with Crippen molar-refractivity contribution in [3.05, 3.63) is 26.1 Å². The first-order valence-corrected chi connectivity index (χ1v) is 6.65. The van der Waals surface area contributed by atoms with Gasteiger partial charge in [-0.15, -0.1) is 0 Å². The molecule has 3 nitrogen and oxygen atoms in total. The second kappa shape index (κ2) is 4.87. The molecule has 0 atom stereocenters. The number of nitrogens with zero attached hydrogens (tertiary/aromatic N) is 2. The van der Waals surface area contributed by atoms with Crippen molar-refractivity contribution in [2.75, 3.05) is 7.11 Å². The molecule has 0 amide bonds. The SMILES string of the molecule is COc1cc(Br)c2nc(I)c(CC(F)(F)F)n2c1. The predicted octanol–water partition coefficient (Wildman–Crippen LogP) is 3.81. The Morgan fingerprint density at radius 2 is 2.17 bits per heavy atom. The van der Waals surface area contributed by atoms with Crippen LogP contribution in [-0.4, -0.2) is 22.7 Å². The number of pyridine rings is 1. The Morgan fingerprint density at radius 3 is 2.72 bits per heavy atom. The number of ether oxygens (including phenoxy) is 1. The summed E-state index contributed by atoms with van der Waals surface area (Å²) in [4.78, 5) is 4.12. The molecule has 0 saturated carbocycles. The summed E-state index contributed by atoms with van der Waals surface area (Å²) in [5.74, 6) is 0.464. The van der Waals surface area contributed by atoms with Gasteiger partial charge in [0.1, 0.15) is 9.45 Å². The van der Waals surface area contributed by atoms with Gasteiger partial charge in [-0.25, -0.2) is 4.98 Å². The van der Waals surface area contributed by atoms with E-state index in [0.29, 0.717) is 19.6 Å². The first kappa shape index (κ1) is 13.9. The molecule has 2 rings (SSSR count). The van der Waals surface area contributed by atoms with Gasteiger partial charge in [0.2, 0.25) is 0 Å². The molecule has 0 saturated heterocycles. The van der Waals surface area contributed by atoms with Crippen LogP contribution < -0.4 is 4.74 Å². The average molecular weight is 435 g/mol. The van der Waals surface area contributed by atoms with Gasteiger partial charge in [0.15, 0.2) is 5.65 Å². The molecule has 18 heavy (non-hydrogen) atoms. The zero-order chi connectivity index (χ0) is 13.5. The molecule has 0 aromatic carbocycles. The summed E-state index contributed by atoms with van der Waals surface area (Å²) in [5, 5.41) is 0. The minimum atomic E-state index is -4.27. The standard InChI is InChI=1S/C10H7BrF3IN2O/c1-18-5-2-6(11)9-16-8(15)7(17(9)4-5)3-10(12,13)14/h2,4H,3H2,1H3. The molecule has 0 radical (unpaired) electrons. The number of hydrogen-bond donors (Lipinski definition) is 0. The largest absolute Gasteiger partial charge is 0.495 e. The average Bonchev–Trinajstić information content (AvgIpc) is 2.55. The molecule has 2 heterocycles. The highest BCUT2D eigenvalue weighted by atomic mass is 127. The third-order valence-electron chi connectivity index (χ3n) is 2.30. The molecular weight excluding hydrogens is 428 g/mol. The number of imidazole rings is 1. The molecular formula is C10H7BrF3IN2O. The summed E-state index contributed by atoms with van der Waals surface area (Å²) < 4.78 is 44.9. The van der Waals surface area contributed by atoms with E-state index in [2.05, 4.69) is 20.9 Å². The van der Waals surface area contributed by atoms with Crippen molar-refractivity contribution in [3.8, 4) is 5.75 Å². The minimum Gasteiger partial charge on any atom is -0.495 e. The molecule has 0 bridgehead atoms. The van der Waals surface area contributed by atoms with E-state index in [9.17, 15) is 13.2 Å². The van der Waals surface area contributed by atoms with Gasteiger partial charge in [0.25, 0.3) is 0 Å². The Bertz CT molecular complexity index is 597. The second-order valence-electron chi connectivity index (χ2n) is 3.56. The van der Waals surface area contributed by atoms with Gasteiger partial charge in [0, 0.05) is 0 Å². The van der Waals surface area contributed by atoms with Gasteiger partial charge < -0.3 is 4.74 Å². The van der Waals surface area contributed by atoms with Crippen LogP contribution in [0.1, 0.15) is 5.69 Å². The molecule has 8 heteroatoms. The molecule has 0 fully saturated rings. The van der Waals surface area contributed by atoms with Crippen LogP contribution in [0.4, 0.5) is 13.2 Å². The number of aromatic nitrogens is 2. The van der Waals surface area contributed by atoms with E-state index < -0.39 is 12.6 Å². The lowest BCUT2D eigenvalue weighted by molar-refractivity contribution is -0.128. The Balaban J connectivity index is 2.65. The third kappa shape index (κ3) is 2.73. The van der Waals surface area contributed by atoms with E-state index in [4.69, 9.17) is 4.74 Å². The predicted molar refractivity (Wildman–Crippen MR) is 71.9 cm³/mol. The zero-order valence-electron chi connectivity index (χ0n) is 9.05. The number of halogens is 5. The second-order valence-corrected chi connectivity index (χ2v) is 5.44. The summed E-state index contributed by atoms with van der Waals surface area (Å²) in [6.07, 6.45) is -3.80. The zero-order valence-corrected chi connectivity index (χ0v) is 12.8. The van der Waals surface area contributed by atoms with E-state index >= 15 is 0 Å². The van der Waals surface area contributed by atoms with Gasteiger partial charge in [0.05, 0.1) is 29.9 Å². The van der Waals surface area contributed by atoms with Crippen molar-refractivity contribution in [1.82, 2.24) is 9.38 Å². The summed E-state index contributed by atoms with van der Waals surface area (Å²) in [7, 11) is 1.46. The van der Waals surface area contributed by atoms with Crippen LogP contribution in [0.15, 0.2) is 16.7 Å². The van der Waals surface area contributed by atoms with Gasteiger partial charge >= 0.3 is 6.18 Å². The van der Waals surface area contributed by atoms with Crippen molar-refractivity contribution in [2.45, 2.75) is 12.6 Å². The molecule has 0 unspecified atom stereocenters. The van der Waals surface area contributed by atoms with E-state index in [0.717, 1.165) is 0 Å². The normalized spacial score (nSPS) is 12.1. The highest BCUT2D eigenvalue weighted by Crippen LogP contribution is 2.30. The molecule has 0 aliphatic heterocycles. The van der Waals surface area contributed by atoms with E-state index in [1.165, 1.54) is 17.7 Å². The number of fused-ring (bicyclic) bond motifs is 1. The quantitative estimate of drug-likeness (QED) is 0.672. The Kier molecular flexibility index (Phi) is 3.77. The minimum absolute atomic E-state index is 0.109. The van der Waals surface area contributed by atoms with Crippen LogP contribution in [0.3, 0.4) is 0 Å². The summed E-state index contributed by atoms with van der Waals surface area (Å²) >= 11 is 5.07. The van der Waals surface area contributed by atoms with Crippen LogP contribution >= 0.6 is 38.5 Å².